The number of aromatic nitrogens is 2. The van der Waals surface area contributed by atoms with E-state index in [9.17, 15) is 14.4 Å². The van der Waals surface area contributed by atoms with Crippen molar-refractivity contribution < 1.29 is 9.59 Å². The molecule has 7 nitrogen and oxygen atoms in total. The minimum absolute atomic E-state index is 0.0785. The molecule has 29 heavy (non-hydrogen) atoms. The molecule has 9 heteroatoms. The van der Waals surface area contributed by atoms with E-state index in [0.29, 0.717) is 33.3 Å². The van der Waals surface area contributed by atoms with E-state index in [1.165, 1.54) is 4.57 Å². The molecule has 150 valence electrons. The fraction of sp³-hybridized carbons (Fsp3) is 0.200. The number of hydrogen-bond donors (Lipinski definition) is 2. The van der Waals surface area contributed by atoms with Crippen LogP contribution in [-0.4, -0.2) is 33.8 Å². The van der Waals surface area contributed by atoms with Gasteiger partial charge < -0.3 is 5.32 Å². The average Bonchev–Trinajstić information content (AvgIpc) is 2.71. The van der Waals surface area contributed by atoms with E-state index in [0.717, 1.165) is 18.2 Å². The number of fused-ring (bicyclic) bond motifs is 1. The highest BCUT2D eigenvalue weighted by Crippen LogP contribution is 2.22. The highest BCUT2D eigenvalue weighted by atomic mass is 35.5. The van der Waals surface area contributed by atoms with Crippen LogP contribution in [0, 0.1) is 0 Å². The molecule has 0 aliphatic heterocycles. The smallest absolute Gasteiger partial charge is 0.321 e. The summed E-state index contributed by atoms with van der Waals surface area (Å²) in [7, 11) is 0. The van der Waals surface area contributed by atoms with Crippen LogP contribution in [0.25, 0.3) is 16.6 Å². The molecule has 0 atom stereocenters. The molecule has 3 aromatic rings. The van der Waals surface area contributed by atoms with Gasteiger partial charge in [-0.1, -0.05) is 48.5 Å². The SMILES string of the molecule is CCCNC(=O)NC(=O)CSc1nc2ccccc2c(=O)n1-c1cccc(Cl)c1. The van der Waals surface area contributed by atoms with E-state index in [1.807, 2.05) is 6.92 Å². The molecule has 0 unspecified atom stereocenters. The average molecular weight is 431 g/mol. The standard InChI is InChI=1S/C20H19ClN4O3S/c1-2-10-22-19(28)24-17(26)12-29-20-23-16-9-4-3-8-15(16)18(27)25(20)14-7-5-6-13(21)11-14/h3-9,11H,2,10,12H2,1H3,(H2,22,24,26,28). The third-order valence-corrected chi connectivity index (χ3v) is 5.11. The molecule has 1 aromatic heterocycles. The third kappa shape index (κ3) is 5.16. The molecule has 0 saturated heterocycles. The Kier molecular flexibility index (Phi) is 6.90. The molecular weight excluding hydrogens is 412 g/mol. The van der Waals surface area contributed by atoms with Gasteiger partial charge in [-0.05, 0) is 36.8 Å². The highest BCUT2D eigenvalue weighted by Gasteiger charge is 2.16. The van der Waals surface area contributed by atoms with Gasteiger partial charge in [0, 0.05) is 11.6 Å². The number of carbonyl (C=O) groups is 2. The molecule has 3 amide bonds. The van der Waals surface area contributed by atoms with Crippen LogP contribution in [0.5, 0.6) is 0 Å². The summed E-state index contributed by atoms with van der Waals surface area (Å²) in [5.74, 6) is -0.561. The maximum atomic E-state index is 13.1. The van der Waals surface area contributed by atoms with Gasteiger partial charge in [-0.25, -0.2) is 9.78 Å². The zero-order valence-electron chi connectivity index (χ0n) is 15.6. The zero-order valence-corrected chi connectivity index (χ0v) is 17.2. The van der Waals surface area contributed by atoms with Crippen molar-refractivity contribution in [3.63, 3.8) is 0 Å². The number of rotatable bonds is 6. The van der Waals surface area contributed by atoms with E-state index < -0.39 is 11.9 Å². The third-order valence-electron chi connectivity index (χ3n) is 3.93. The molecule has 0 aliphatic carbocycles. The zero-order chi connectivity index (χ0) is 20.8. The van der Waals surface area contributed by atoms with Crippen LogP contribution in [0.1, 0.15) is 13.3 Å². The number of benzene rings is 2. The molecule has 0 bridgehead atoms. The van der Waals surface area contributed by atoms with Gasteiger partial charge in [0.25, 0.3) is 5.56 Å². The Bertz CT molecular complexity index is 1120. The topological polar surface area (TPSA) is 93.1 Å². The van der Waals surface area contributed by atoms with Gasteiger partial charge in [0.15, 0.2) is 5.16 Å². The predicted octanol–water partition coefficient (Wildman–Crippen LogP) is 3.37. The Morgan fingerprint density at radius 3 is 2.72 bits per heavy atom. The van der Waals surface area contributed by atoms with Gasteiger partial charge >= 0.3 is 6.03 Å². The fourth-order valence-electron chi connectivity index (χ4n) is 2.63. The van der Waals surface area contributed by atoms with Gasteiger partial charge in [-0.15, -0.1) is 0 Å². The predicted molar refractivity (Wildman–Crippen MR) is 115 cm³/mol. The first-order chi connectivity index (χ1) is 14.0. The van der Waals surface area contributed by atoms with E-state index in [2.05, 4.69) is 15.6 Å². The van der Waals surface area contributed by atoms with Crippen LogP contribution in [0.2, 0.25) is 5.02 Å². The van der Waals surface area contributed by atoms with E-state index in [4.69, 9.17) is 11.6 Å². The van der Waals surface area contributed by atoms with Crippen molar-refractivity contribution in [1.29, 1.82) is 0 Å². The second-order valence-corrected chi connectivity index (χ2v) is 7.50. The van der Waals surface area contributed by atoms with Crippen LogP contribution in [0.3, 0.4) is 0 Å². The van der Waals surface area contributed by atoms with Crippen LogP contribution in [0.4, 0.5) is 4.79 Å². The summed E-state index contributed by atoms with van der Waals surface area (Å²) in [5.41, 5.74) is 0.810. The maximum absolute atomic E-state index is 13.1. The second-order valence-electron chi connectivity index (χ2n) is 6.12. The molecular formula is C20H19ClN4O3S. The van der Waals surface area contributed by atoms with Gasteiger partial charge in [0.2, 0.25) is 5.91 Å². The number of nitrogens with one attached hydrogen (secondary N) is 2. The first kappa shape index (κ1) is 20.9. The van der Waals surface area contributed by atoms with Crippen LogP contribution in [-0.2, 0) is 4.79 Å². The van der Waals surface area contributed by atoms with Gasteiger partial charge in [-0.3, -0.25) is 19.5 Å². The molecule has 1 heterocycles. The largest absolute Gasteiger partial charge is 0.338 e. The Balaban J connectivity index is 1.92. The van der Waals surface area contributed by atoms with Crippen molar-refractivity contribution in [2.75, 3.05) is 12.3 Å². The summed E-state index contributed by atoms with van der Waals surface area (Å²) in [6.07, 6.45) is 0.767. The number of urea groups is 1. The maximum Gasteiger partial charge on any atom is 0.321 e. The molecule has 0 radical (unpaired) electrons. The monoisotopic (exact) mass is 430 g/mol. The van der Waals surface area contributed by atoms with Crippen molar-refractivity contribution in [1.82, 2.24) is 20.2 Å². The lowest BCUT2D eigenvalue weighted by molar-refractivity contribution is -0.117. The Morgan fingerprint density at radius 2 is 1.97 bits per heavy atom. The summed E-state index contributed by atoms with van der Waals surface area (Å²) in [4.78, 5) is 41.4. The minimum Gasteiger partial charge on any atom is -0.338 e. The van der Waals surface area contributed by atoms with Crippen molar-refractivity contribution >= 4 is 46.2 Å². The number of carbonyl (C=O) groups excluding carboxylic acids is 2. The highest BCUT2D eigenvalue weighted by molar-refractivity contribution is 7.99. The molecule has 2 N–H and O–H groups in total. The number of nitrogens with zero attached hydrogens (tertiary/aromatic N) is 2. The molecule has 3 rings (SSSR count). The summed E-state index contributed by atoms with van der Waals surface area (Å²) in [5, 5.41) is 6.10. The van der Waals surface area contributed by atoms with Gasteiger partial charge in [0.1, 0.15) is 0 Å². The Labute approximate surface area is 176 Å². The number of halogens is 1. The number of hydrogen-bond acceptors (Lipinski definition) is 5. The quantitative estimate of drug-likeness (QED) is 0.462. The van der Waals surface area contributed by atoms with Gasteiger partial charge in [-0.2, -0.15) is 0 Å². The molecule has 0 aliphatic rings. The Morgan fingerprint density at radius 1 is 1.17 bits per heavy atom. The lowest BCUT2D eigenvalue weighted by Gasteiger charge is -2.13. The van der Waals surface area contributed by atoms with Crippen LogP contribution >= 0.6 is 23.4 Å². The van der Waals surface area contributed by atoms with E-state index >= 15 is 0 Å². The van der Waals surface area contributed by atoms with Crippen molar-refractivity contribution in [2.45, 2.75) is 18.5 Å². The van der Waals surface area contributed by atoms with Crippen LogP contribution in [0.15, 0.2) is 58.5 Å². The first-order valence-electron chi connectivity index (χ1n) is 8.98. The fourth-order valence-corrected chi connectivity index (χ4v) is 3.62. The summed E-state index contributed by atoms with van der Waals surface area (Å²) in [6.45, 7) is 2.39. The molecule has 0 saturated carbocycles. The molecule has 0 fully saturated rings. The minimum atomic E-state index is -0.545. The number of imide groups is 1. The van der Waals surface area contributed by atoms with Gasteiger partial charge in [0.05, 0.1) is 22.3 Å². The summed E-state index contributed by atoms with van der Waals surface area (Å²) >= 11 is 7.16. The van der Waals surface area contributed by atoms with E-state index in [1.54, 1.807) is 48.5 Å². The normalized spacial score (nSPS) is 10.7. The van der Waals surface area contributed by atoms with Crippen molar-refractivity contribution in [2.24, 2.45) is 0 Å². The lowest BCUT2D eigenvalue weighted by Crippen LogP contribution is -2.40. The van der Waals surface area contributed by atoms with Crippen LogP contribution < -0.4 is 16.2 Å². The number of para-hydroxylation sites is 1. The summed E-state index contributed by atoms with van der Waals surface area (Å²) in [6, 6.07) is 13.3. The number of amides is 3. The Hall–Kier alpha value is -2.84. The molecule has 2 aromatic carbocycles. The number of thioether (sulfide) groups is 1. The summed E-state index contributed by atoms with van der Waals surface area (Å²) < 4.78 is 1.42. The lowest BCUT2D eigenvalue weighted by atomic mass is 10.2. The molecule has 0 spiro atoms. The van der Waals surface area contributed by atoms with E-state index in [-0.39, 0.29) is 11.3 Å². The first-order valence-corrected chi connectivity index (χ1v) is 10.3. The van der Waals surface area contributed by atoms with Crippen molar-refractivity contribution in [3.05, 3.63) is 63.9 Å². The second kappa shape index (κ2) is 9.58. The van der Waals surface area contributed by atoms with Crippen molar-refractivity contribution in [3.8, 4) is 5.69 Å².